The van der Waals surface area contributed by atoms with Gasteiger partial charge in [-0.15, -0.1) is 0 Å². The fourth-order valence-electron chi connectivity index (χ4n) is 1.34. The minimum absolute atomic E-state index is 0.438. The number of aromatic nitrogens is 2. The third kappa shape index (κ3) is 1.24. The van der Waals surface area contributed by atoms with Crippen LogP contribution in [0.15, 0.2) is 12.1 Å². The van der Waals surface area contributed by atoms with E-state index in [-0.39, 0.29) is 0 Å². The van der Waals surface area contributed by atoms with E-state index in [9.17, 15) is 0 Å². The summed E-state index contributed by atoms with van der Waals surface area (Å²) in [6.07, 6.45) is 0.832. The molecular weight excluding hydrogens is 198 g/mol. The highest BCUT2D eigenvalue weighted by atomic mass is 35.5. The smallest absolute Gasteiger partial charge is 0.207 e. The lowest BCUT2D eigenvalue weighted by atomic mass is 10.3. The van der Waals surface area contributed by atoms with Gasteiger partial charge in [0.15, 0.2) is 0 Å². The lowest BCUT2D eigenvalue weighted by Crippen LogP contribution is -1.79. The number of benzene rings is 1. The van der Waals surface area contributed by atoms with Gasteiger partial charge < -0.3 is 4.98 Å². The Morgan fingerprint density at radius 2 is 2.36 bits per heavy atom. The molecule has 3 nitrogen and oxygen atoms in total. The molecule has 0 fully saturated rings. The second-order valence-corrected chi connectivity index (χ2v) is 3.32. The number of hydrogen-bond donors (Lipinski definition) is 1. The van der Waals surface area contributed by atoms with E-state index in [2.05, 4.69) is 14.8 Å². The van der Waals surface area contributed by atoms with Gasteiger partial charge in [0.1, 0.15) is 5.82 Å². The molecule has 4 heteroatoms. The zero-order valence-electron chi connectivity index (χ0n) is 7.63. The number of halogens is 1. The normalized spacial score (nSPS) is 10.4. The van der Waals surface area contributed by atoms with Crippen molar-refractivity contribution in [2.75, 3.05) is 0 Å². The maximum Gasteiger partial charge on any atom is 0.207 e. The van der Waals surface area contributed by atoms with Gasteiger partial charge in [-0.3, -0.25) is 0 Å². The van der Waals surface area contributed by atoms with Gasteiger partial charge in [-0.25, -0.2) is 9.83 Å². The number of nitrogens with one attached hydrogen (secondary N) is 1. The summed E-state index contributed by atoms with van der Waals surface area (Å²) >= 11 is 6.02. The predicted octanol–water partition coefficient (Wildman–Crippen LogP) is 3.33. The first-order valence-corrected chi connectivity index (χ1v) is 4.68. The number of nitrogens with zero attached hydrogens (tertiary/aromatic N) is 2. The highest BCUT2D eigenvalue weighted by molar-refractivity contribution is 6.37. The number of rotatable bonds is 1. The number of aromatic amines is 1. The molecule has 0 atom stereocenters. The predicted molar refractivity (Wildman–Crippen MR) is 56.7 cm³/mol. The maximum absolute atomic E-state index is 6.91. The molecule has 1 aromatic heterocycles. The van der Waals surface area contributed by atoms with Gasteiger partial charge in [-0.1, -0.05) is 24.6 Å². The summed E-state index contributed by atoms with van der Waals surface area (Å²) in [5, 5.41) is 0.438. The van der Waals surface area contributed by atoms with Crippen LogP contribution in [0.3, 0.4) is 0 Å². The number of fused-ring (bicyclic) bond motifs is 1. The third-order valence-corrected chi connectivity index (χ3v) is 2.45. The fourth-order valence-corrected chi connectivity index (χ4v) is 1.59. The molecule has 1 heterocycles. The summed E-state index contributed by atoms with van der Waals surface area (Å²) in [5.74, 6) is 0.893. The van der Waals surface area contributed by atoms with E-state index in [1.807, 2.05) is 13.0 Å². The Labute approximate surface area is 86.5 Å². The van der Waals surface area contributed by atoms with Gasteiger partial charge in [0.2, 0.25) is 5.69 Å². The fraction of sp³-hybridized carbons (Fsp3) is 0.200. The van der Waals surface area contributed by atoms with E-state index in [1.165, 1.54) is 0 Å². The molecule has 0 aliphatic heterocycles. The topological polar surface area (TPSA) is 33.0 Å². The molecule has 0 saturated carbocycles. The van der Waals surface area contributed by atoms with Crippen molar-refractivity contribution in [2.45, 2.75) is 13.3 Å². The van der Waals surface area contributed by atoms with Gasteiger partial charge >= 0.3 is 0 Å². The highest BCUT2D eigenvalue weighted by Gasteiger charge is 2.08. The Bertz CT molecular complexity index is 522. The van der Waals surface area contributed by atoms with Crippen LogP contribution in [0.1, 0.15) is 12.7 Å². The summed E-state index contributed by atoms with van der Waals surface area (Å²) in [6.45, 7) is 8.93. The summed E-state index contributed by atoms with van der Waals surface area (Å²) in [5.41, 5.74) is 2.03. The zero-order chi connectivity index (χ0) is 10.1. The molecule has 0 unspecified atom stereocenters. The number of hydrogen-bond acceptors (Lipinski definition) is 1. The average Bonchev–Trinajstić information content (AvgIpc) is 2.62. The Kier molecular flexibility index (Phi) is 2.14. The summed E-state index contributed by atoms with van der Waals surface area (Å²) < 4.78 is 0. The lowest BCUT2D eigenvalue weighted by Gasteiger charge is -1.93. The molecule has 2 aromatic rings. The largest absolute Gasteiger partial charge is 0.342 e. The van der Waals surface area contributed by atoms with Crippen molar-refractivity contribution >= 4 is 28.3 Å². The van der Waals surface area contributed by atoms with Gasteiger partial charge in [0, 0.05) is 6.42 Å². The van der Waals surface area contributed by atoms with E-state index in [4.69, 9.17) is 18.2 Å². The van der Waals surface area contributed by atoms with Crippen LogP contribution in [0.5, 0.6) is 0 Å². The molecule has 0 bridgehead atoms. The highest BCUT2D eigenvalue weighted by Crippen LogP contribution is 2.31. The SMILES string of the molecule is [C-]#[N+]c1ccc2[nH]c(CC)nc2c1Cl. The monoisotopic (exact) mass is 205 g/mol. The van der Waals surface area contributed by atoms with Gasteiger partial charge in [-0.05, 0) is 6.07 Å². The first kappa shape index (κ1) is 9.04. The number of imidazole rings is 1. The van der Waals surface area contributed by atoms with Crippen LogP contribution in [-0.2, 0) is 6.42 Å². The second kappa shape index (κ2) is 3.32. The third-order valence-electron chi connectivity index (χ3n) is 2.08. The van der Waals surface area contributed by atoms with Crippen molar-refractivity contribution < 1.29 is 0 Å². The van der Waals surface area contributed by atoms with Crippen molar-refractivity contribution in [3.63, 3.8) is 0 Å². The van der Waals surface area contributed by atoms with Crippen LogP contribution in [0.4, 0.5) is 5.69 Å². The lowest BCUT2D eigenvalue weighted by molar-refractivity contribution is 1.00. The molecule has 1 aromatic carbocycles. The van der Waals surface area contributed by atoms with Crippen LogP contribution >= 0.6 is 11.6 Å². The van der Waals surface area contributed by atoms with Gasteiger partial charge in [0.05, 0.1) is 22.6 Å². The quantitative estimate of drug-likeness (QED) is 0.712. The molecule has 0 radical (unpaired) electrons. The van der Waals surface area contributed by atoms with Crippen molar-refractivity contribution in [1.29, 1.82) is 0 Å². The number of H-pyrrole nitrogens is 1. The van der Waals surface area contributed by atoms with Crippen molar-refractivity contribution in [3.8, 4) is 0 Å². The van der Waals surface area contributed by atoms with Gasteiger partial charge in [-0.2, -0.15) is 0 Å². The van der Waals surface area contributed by atoms with E-state index in [1.54, 1.807) is 6.07 Å². The van der Waals surface area contributed by atoms with Crippen LogP contribution < -0.4 is 0 Å². The minimum Gasteiger partial charge on any atom is -0.342 e. The van der Waals surface area contributed by atoms with Crippen molar-refractivity contribution in [3.05, 3.63) is 34.4 Å². The molecule has 14 heavy (non-hydrogen) atoms. The Morgan fingerprint density at radius 3 is 3.00 bits per heavy atom. The van der Waals surface area contributed by atoms with Crippen molar-refractivity contribution in [2.24, 2.45) is 0 Å². The number of aryl methyl sites for hydroxylation is 1. The molecule has 0 spiro atoms. The Morgan fingerprint density at radius 1 is 1.57 bits per heavy atom. The molecular formula is C10H8ClN3. The summed E-state index contributed by atoms with van der Waals surface area (Å²) in [7, 11) is 0. The molecule has 2 rings (SSSR count). The van der Waals surface area contributed by atoms with Crippen LogP contribution in [0, 0.1) is 6.57 Å². The first-order chi connectivity index (χ1) is 6.76. The van der Waals surface area contributed by atoms with E-state index < -0.39 is 0 Å². The molecule has 0 aliphatic carbocycles. The Balaban J connectivity index is 2.76. The second-order valence-electron chi connectivity index (χ2n) is 2.94. The first-order valence-electron chi connectivity index (χ1n) is 4.30. The van der Waals surface area contributed by atoms with Gasteiger partial charge in [0.25, 0.3) is 0 Å². The molecule has 0 saturated heterocycles. The standard InChI is InChI=1S/C10H8ClN3/c1-3-8-13-7-5-4-6(12-2)9(11)10(7)14-8/h4-5H,3H2,1H3,(H,13,14). The minimum atomic E-state index is 0.438. The Hall–Kier alpha value is -1.53. The molecule has 70 valence electrons. The van der Waals surface area contributed by atoms with Crippen molar-refractivity contribution in [1.82, 2.24) is 9.97 Å². The molecule has 1 N–H and O–H groups in total. The summed E-state index contributed by atoms with van der Waals surface area (Å²) in [4.78, 5) is 10.8. The van der Waals surface area contributed by atoms with Crippen LogP contribution in [0.2, 0.25) is 5.02 Å². The van der Waals surface area contributed by atoms with E-state index in [0.717, 1.165) is 17.8 Å². The van der Waals surface area contributed by atoms with Crippen LogP contribution in [-0.4, -0.2) is 9.97 Å². The maximum atomic E-state index is 6.91. The average molecular weight is 206 g/mol. The zero-order valence-corrected chi connectivity index (χ0v) is 8.39. The van der Waals surface area contributed by atoms with E-state index >= 15 is 0 Å². The summed E-state index contributed by atoms with van der Waals surface area (Å²) in [6, 6.07) is 3.54. The molecule has 0 aliphatic rings. The van der Waals surface area contributed by atoms with E-state index in [0.29, 0.717) is 16.2 Å². The molecule has 0 amide bonds. The van der Waals surface area contributed by atoms with Crippen LogP contribution in [0.25, 0.3) is 15.9 Å².